The number of hydrogen-bond acceptors (Lipinski definition) is 6. The van der Waals surface area contributed by atoms with E-state index in [1.54, 1.807) is 21.4 Å². The third-order valence-electron chi connectivity index (χ3n) is 6.69. The number of rotatable bonds is 10. The van der Waals surface area contributed by atoms with Gasteiger partial charge in [0.1, 0.15) is 5.82 Å². The number of H-pyrrole nitrogens is 1. The lowest BCUT2D eigenvalue weighted by Gasteiger charge is -2.10. The average molecular weight is 511 g/mol. The number of ketones is 1. The van der Waals surface area contributed by atoms with Gasteiger partial charge in [-0.1, -0.05) is 43.7 Å². The molecule has 4 aromatic heterocycles. The van der Waals surface area contributed by atoms with Crippen molar-refractivity contribution in [3.05, 3.63) is 88.4 Å². The fraction of sp³-hybridized carbons (Fsp3) is 0.286. The van der Waals surface area contributed by atoms with E-state index in [4.69, 9.17) is 4.98 Å². The van der Waals surface area contributed by atoms with Crippen molar-refractivity contribution in [3.8, 4) is 28.5 Å². The Kier molecular flexibility index (Phi) is 7.12. The fourth-order valence-corrected chi connectivity index (χ4v) is 4.70. The number of aromatic amines is 1. The zero-order valence-electron chi connectivity index (χ0n) is 21.8. The van der Waals surface area contributed by atoms with Crippen molar-refractivity contribution < 1.29 is 4.79 Å². The number of tetrazole rings is 1. The molecule has 5 aromatic rings. The molecular weight excluding hydrogens is 480 g/mol. The number of imidazole rings is 1. The number of pyridine rings is 1. The lowest BCUT2D eigenvalue weighted by atomic mass is 10.0. The van der Waals surface area contributed by atoms with Gasteiger partial charge >= 0.3 is 5.69 Å². The van der Waals surface area contributed by atoms with Crippen LogP contribution in [0.25, 0.3) is 28.5 Å². The summed E-state index contributed by atoms with van der Waals surface area (Å²) in [7, 11) is 0. The molecule has 10 nitrogen and oxygen atoms in total. The van der Waals surface area contributed by atoms with Gasteiger partial charge in [-0.15, -0.1) is 10.2 Å². The minimum absolute atomic E-state index is 0.0668. The number of unbranched alkanes of at least 4 members (excludes halogenated alkanes) is 1. The van der Waals surface area contributed by atoms with Gasteiger partial charge in [-0.2, -0.15) is 5.21 Å². The van der Waals surface area contributed by atoms with E-state index in [9.17, 15) is 9.59 Å². The molecule has 0 fully saturated rings. The van der Waals surface area contributed by atoms with Crippen LogP contribution in [0.5, 0.6) is 0 Å². The van der Waals surface area contributed by atoms with Crippen LogP contribution in [0, 0.1) is 0 Å². The monoisotopic (exact) mass is 510 g/mol. The second kappa shape index (κ2) is 10.8. The number of Topliss-reactive ketones (excluding diaryl/α,β-unsaturated/α-hetero) is 1. The van der Waals surface area contributed by atoms with Gasteiger partial charge in [0.2, 0.25) is 5.82 Å². The van der Waals surface area contributed by atoms with Gasteiger partial charge in [-0.3, -0.25) is 18.9 Å². The summed E-state index contributed by atoms with van der Waals surface area (Å²) in [5, 5.41) is 14.4. The highest BCUT2D eigenvalue weighted by molar-refractivity contribution is 5.97. The van der Waals surface area contributed by atoms with E-state index < -0.39 is 0 Å². The number of hydrogen-bond donors (Lipinski definition) is 1. The summed E-state index contributed by atoms with van der Waals surface area (Å²) in [4.78, 5) is 30.7. The van der Waals surface area contributed by atoms with Crippen LogP contribution in [0.4, 0.5) is 0 Å². The molecule has 0 radical (unpaired) electrons. The molecule has 0 aliphatic heterocycles. The maximum atomic E-state index is 13.7. The topological polar surface area (TPSA) is 116 Å². The fourth-order valence-electron chi connectivity index (χ4n) is 4.70. The molecule has 0 atom stereocenters. The van der Waals surface area contributed by atoms with Crippen LogP contribution in [0.1, 0.15) is 55.2 Å². The number of carbonyl (C=O) groups is 1. The standard InChI is InChI=1S/C28H30N8O2/c1-4-6-9-21-18-36(27-22(19(3)37)14-15-34(27)5-2)28(38)35(21)17-20-12-13-25(29-16-20)23-10-7-8-11-24(23)26-30-32-33-31-26/h7-8,10-16,18H,4-6,9,17H2,1-3H3,(H,30,31,32,33). The predicted molar refractivity (Wildman–Crippen MR) is 144 cm³/mol. The van der Waals surface area contributed by atoms with Gasteiger partial charge in [-0.25, -0.2) is 4.79 Å². The molecular formula is C28H30N8O2. The van der Waals surface area contributed by atoms with Crippen molar-refractivity contribution in [1.29, 1.82) is 0 Å². The third kappa shape index (κ3) is 4.72. The first-order valence-electron chi connectivity index (χ1n) is 12.8. The second-order valence-corrected chi connectivity index (χ2v) is 9.19. The lowest BCUT2D eigenvalue weighted by molar-refractivity contribution is 0.101. The molecule has 0 unspecified atom stereocenters. The van der Waals surface area contributed by atoms with E-state index in [1.165, 1.54) is 6.92 Å². The van der Waals surface area contributed by atoms with E-state index in [2.05, 4.69) is 27.5 Å². The Bertz CT molecular complexity index is 1610. The summed E-state index contributed by atoms with van der Waals surface area (Å²) in [6.45, 7) is 6.69. The maximum absolute atomic E-state index is 13.7. The van der Waals surface area contributed by atoms with Crippen LogP contribution in [0.3, 0.4) is 0 Å². The minimum Gasteiger partial charge on any atom is -0.334 e. The van der Waals surface area contributed by atoms with E-state index in [0.29, 0.717) is 30.3 Å². The van der Waals surface area contributed by atoms with Gasteiger partial charge in [0.05, 0.1) is 17.8 Å². The van der Waals surface area contributed by atoms with Gasteiger partial charge in [0, 0.05) is 42.0 Å². The first-order chi connectivity index (χ1) is 18.5. The van der Waals surface area contributed by atoms with Gasteiger partial charge < -0.3 is 4.57 Å². The van der Waals surface area contributed by atoms with Crippen LogP contribution in [0.2, 0.25) is 0 Å². The Morgan fingerprint density at radius 2 is 1.87 bits per heavy atom. The number of carbonyl (C=O) groups excluding carboxylic acids is 1. The molecule has 194 valence electrons. The van der Waals surface area contributed by atoms with Crippen LogP contribution in [-0.4, -0.2) is 45.1 Å². The Morgan fingerprint density at radius 3 is 2.53 bits per heavy atom. The maximum Gasteiger partial charge on any atom is 0.334 e. The summed E-state index contributed by atoms with van der Waals surface area (Å²) in [5.41, 5.74) is 4.71. The van der Waals surface area contributed by atoms with E-state index in [1.807, 2.05) is 60.3 Å². The van der Waals surface area contributed by atoms with Crippen molar-refractivity contribution in [2.45, 2.75) is 53.1 Å². The molecule has 1 aromatic carbocycles. The Morgan fingerprint density at radius 1 is 1.05 bits per heavy atom. The third-order valence-corrected chi connectivity index (χ3v) is 6.69. The van der Waals surface area contributed by atoms with Crippen LogP contribution in [-0.2, 0) is 19.5 Å². The summed E-state index contributed by atoms with van der Waals surface area (Å²) < 4.78 is 5.34. The van der Waals surface area contributed by atoms with E-state index in [0.717, 1.165) is 47.3 Å². The number of nitrogens with one attached hydrogen (secondary N) is 1. The number of nitrogens with zero attached hydrogens (tertiary/aromatic N) is 7. The quantitative estimate of drug-likeness (QED) is 0.280. The van der Waals surface area contributed by atoms with Crippen molar-refractivity contribution in [1.82, 2.24) is 39.3 Å². The molecule has 1 N–H and O–H groups in total. The van der Waals surface area contributed by atoms with Gasteiger partial charge in [0.25, 0.3) is 0 Å². The van der Waals surface area contributed by atoms with Gasteiger partial charge in [0.15, 0.2) is 5.78 Å². The first kappa shape index (κ1) is 25.1. The zero-order chi connectivity index (χ0) is 26.6. The zero-order valence-corrected chi connectivity index (χ0v) is 21.8. The number of aryl methyl sites for hydroxylation is 2. The molecule has 0 aliphatic carbocycles. The van der Waals surface area contributed by atoms with Crippen LogP contribution >= 0.6 is 0 Å². The van der Waals surface area contributed by atoms with Crippen molar-refractivity contribution >= 4 is 5.78 Å². The predicted octanol–water partition coefficient (Wildman–Crippen LogP) is 4.30. The Hall–Kier alpha value is -4.60. The summed E-state index contributed by atoms with van der Waals surface area (Å²) in [6, 6.07) is 13.5. The number of benzene rings is 1. The molecule has 0 bridgehead atoms. The van der Waals surface area contributed by atoms with Gasteiger partial charge in [-0.05, 0) is 49.6 Å². The van der Waals surface area contributed by atoms with Crippen molar-refractivity contribution in [2.24, 2.45) is 0 Å². The minimum atomic E-state index is -0.168. The van der Waals surface area contributed by atoms with Crippen LogP contribution < -0.4 is 5.69 Å². The normalized spacial score (nSPS) is 11.2. The molecule has 0 spiro atoms. The number of aromatic nitrogens is 8. The summed E-state index contributed by atoms with van der Waals surface area (Å²) >= 11 is 0. The molecule has 0 saturated carbocycles. The molecule has 4 heterocycles. The molecule has 38 heavy (non-hydrogen) atoms. The molecule has 0 aliphatic rings. The first-order valence-corrected chi connectivity index (χ1v) is 12.8. The largest absolute Gasteiger partial charge is 0.334 e. The van der Waals surface area contributed by atoms with E-state index in [-0.39, 0.29) is 11.5 Å². The van der Waals surface area contributed by atoms with Crippen molar-refractivity contribution in [3.63, 3.8) is 0 Å². The smallest absolute Gasteiger partial charge is 0.334 e. The van der Waals surface area contributed by atoms with Crippen LogP contribution in [0.15, 0.2) is 65.8 Å². The molecule has 5 rings (SSSR count). The highest BCUT2D eigenvalue weighted by Crippen LogP contribution is 2.28. The lowest BCUT2D eigenvalue weighted by Crippen LogP contribution is -2.27. The highest BCUT2D eigenvalue weighted by Gasteiger charge is 2.20. The summed E-state index contributed by atoms with van der Waals surface area (Å²) in [6.07, 6.45) is 8.28. The highest BCUT2D eigenvalue weighted by atomic mass is 16.2. The Balaban J connectivity index is 1.51. The molecule has 10 heteroatoms. The second-order valence-electron chi connectivity index (χ2n) is 9.19. The molecule has 0 amide bonds. The SMILES string of the molecule is CCCCc1cn(-c2c(C(C)=O)ccn2CC)c(=O)n1Cc1ccc(-c2ccccc2-c2nn[nH]n2)nc1. The summed E-state index contributed by atoms with van der Waals surface area (Å²) in [5.74, 6) is 1.05. The molecule has 0 saturated heterocycles. The van der Waals surface area contributed by atoms with Crippen molar-refractivity contribution in [2.75, 3.05) is 0 Å². The Labute approximate surface area is 220 Å². The average Bonchev–Trinajstić information content (AvgIpc) is 3.68. The van der Waals surface area contributed by atoms with E-state index >= 15 is 0 Å².